The summed E-state index contributed by atoms with van der Waals surface area (Å²) < 4.78 is 0. The molecule has 0 aliphatic carbocycles. The van der Waals surface area contributed by atoms with E-state index in [2.05, 4.69) is 26.6 Å². The van der Waals surface area contributed by atoms with Crippen molar-refractivity contribution in [2.24, 2.45) is 0 Å². The fraction of sp³-hybridized carbons (Fsp3) is 0.190. The summed E-state index contributed by atoms with van der Waals surface area (Å²) in [6, 6.07) is 12.8. The number of nitriles is 1. The molecule has 0 atom stereocenters. The molecule has 1 aromatic carbocycles. The maximum atomic E-state index is 12.7. The second-order valence-corrected chi connectivity index (χ2v) is 7.30. The van der Waals surface area contributed by atoms with E-state index < -0.39 is 5.41 Å². The summed E-state index contributed by atoms with van der Waals surface area (Å²) in [5.41, 5.74) is 3.57. The van der Waals surface area contributed by atoms with Gasteiger partial charge in [0.2, 0.25) is 0 Å². The highest BCUT2D eigenvalue weighted by atomic mass is 35.5. The highest BCUT2D eigenvalue weighted by Gasteiger charge is 2.22. The third kappa shape index (κ3) is 4.16. The second-order valence-electron chi connectivity index (χ2n) is 6.92. The molecule has 2 heterocycles. The molecule has 28 heavy (non-hydrogen) atoms. The van der Waals surface area contributed by atoms with Gasteiger partial charge in [-0.25, -0.2) is 0 Å². The Morgan fingerprint density at radius 2 is 2.00 bits per heavy atom. The van der Waals surface area contributed by atoms with Crippen molar-refractivity contribution in [1.29, 1.82) is 5.26 Å². The Morgan fingerprint density at radius 1 is 1.21 bits per heavy atom. The summed E-state index contributed by atoms with van der Waals surface area (Å²) in [4.78, 5) is 16.9. The van der Waals surface area contributed by atoms with Crippen molar-refractivity contribution < 1.29 is 4.79 Å². The first kappa shape index (κ1) is 19.5. The average molecular weight is 392 g/mol. The number of nitrogens with zero attached hydrogens (tertiary/aromatic N) is 4. The summed E-state index contributed by atoms with van der Waals surface area (Å²) in [6.45, 7) is 5.49. The Bertz CT molecular complexity index is 1090. The molecular weight excluding hydrogens is 374 g/mol. The van der Waals surface area contributed by atoms with Crippen molar-refractivity contribution in [3.8, 4) is 17.2 Å². The van der Waals surface area contributed by atoms with Crippen LogP contribution in [0.25, 0.3) is 11.1 Å². The van der Waals surface area contributed by atoms with Crippen molar-refractivity contribution in [1.82, 2.24) is 15.2 Å². The number of pyridine rings is 1. The zero-order valence-corrected chi connectivity index (χ0v) is 16.4. The predicted molar refractivity (Wildman–Crippen MR) is 108 cm³/mol. The van der Waals surface area contributed by atoms with Gasteiger partial charge in [0, 0.05) is 23.0 Å². The molecule has 0 saturated carbocycles. The number of amides is 1. The lowest BCUT2D eigenvalue weighted by atomic mass is 9.90. The van der Waals surface area contributed by atoms with Crippen LogP contribution in [0.15, 0.2) is 48.8 Å². The SMILES string of the molecule is Cc1ccc(NC(=O)c2ccnc(C(C)(C)C#N)c2)cc1-c1cnnc(Cl)c1. The fourth-order valence-corrected chi connectivity index (χ4v) is 2.83. The molecule has 6 nitrogen and oxygen atoms in total. The Hall–Kier alpha value is -3.30. The molecule has 0 saturated heterocycles. The van der Waals surface area contributed by atoms with E-state index in [0.29, 0.717) is 22.1 Å². The Balaban J connectivity index is 1.89. The minimum Gasteiger partial charge on any atom is -0.322 e. The van der Waals surface area contributed by atoms with Crippen LogP contribution in [0.5, 0.6) is 0 Å². The van der Waals surface area contributed by atoms with E-state index in [1.54, 1.807) is 38.2 Å². The van der Waals surface area contributed by atoms with Crippen LogP contribution in [0.4, 0.5) is 5.69 Å². The van der Waals surface area contributed by atoms with E-state index in [9.17, 15) is 10.1 Å². The fourth-order valence-electron chi connectivity index (χ4n) is 2.67. The van der Waals surface area contributed by atoms with Crippen molar-refractivity contribution in [2.45, 2.75) is 26.2 Å². The zero-order chi connectivity index (χ0) is 20.3. The third-order valence-corrected chi connectivity index (χ3v) is 4.56. The van der Waals surface area contributed by atoms with Gasteiger partial charge in [-0.2, -0.15) is 10.4 Å². The maximum absolute atomic E-state index is 12.7. The highest BCUT2D eigenvalue weighted by Crippen LogP contribution is 2.27. The number of aryl methyl sites for hydroxylation is 1. The van der Waals surface area contributed by atoms with E-state index >= 15 is 0 Å². The molecule has 0 spiro atoms. The smallest absolute Gasteiger partial charge is 0.255 e. The van der Waals surface area contributed by atoms with Gasteiger partial charge in [-0.05, 0) is 62.2 Å². The van der Waals surface area contributed by atoms with Crippen LogP contribution in [0.1, 0.15) is 35.5 Å². The van der Waals surface area contributed by atoms with Gasteiger partial charge in [0.15, 0.2) is 5.15 Å². The number of hydrogen-bond donors (Lipinski definition) is 1. The monoisotopic (exact) mass is 391 g/mol. The van der Waals surface area contributed by atoms with Gasteiger partial charge in [-0.1, -0.05) is 17.7 Å². The first-order valence-electron chi connectivity index (χ1n) is 8.58. The maximum Gasteiger partial charge on any atom is 0.255 e. The van der Waals surface area contributed by atoms with Crippen LogP contribution >= 0.6 is 11.6 Å². The number of carbonyl (C=O) groups is 1. The molecule has 0 fully saturated rings. The van der Waals surface area contributed by atoms with Crippen molar-refractivity contribution >= 4 is 23.2 Å². The van der Waals surface area contributed by atoms with Crippen molar-refractivity contribution in [2.75, 3.05) is 5.32 Å². The minimum absolute atomic E-state index is 0.280. The molecule has 0 bridgehead atoms. The number of aromatic nitrogens is 3. The van der Waals surface area contributed by atoms with Crippen LogP contribution in [-0.2, 0) is 5.41 Å². The second kappa shape index (κ2) is 7.75. The van der Waals surface area contributed by atoms with Crippen LogP contribution in [-0.4, -0.2) is 21.1 Å². The highest BCUT2D eigenvalue weighted by molar-refractivity contribution is 6.29. The summed E-state index contributed by atoms with van der Waals surface area (Å²) in [5, 5.41) is 20.1. The molecule has 140 valence electrons. The summed E-state index contributed by atoms with van der Waals surface area (Å²) in [5.74, 6) is -0.280. The Labute approximate surface area is 168 Å². The number of carbonyl (C=O) groups excluding carboxylic acids is 1. The molecule has 1 N–H and O–H groups in total. The van der Waals surface area contributed by atoms with Gasteiger partial charge in [0.1, 0.15) is 0 Å². The third-order valence-electron chi connectivity index (χ3n) is 4.37. The standard InChI is InChI=1S/C21H18ClN5O/c1-13-4-5-16(10-17(13)15-9-19(22)27-25-11-15)26-20(28)14-6-7-24-18(8-14)21(2,3)12-23/h4-11H,1-3H3,(H,26,28). The van der Waals surface area contributed by atoms with Gasteiger partial charge in [-0.3, -0.25) is 9.78 Å². The van der Waals surface area contributed by atoms with Crippen LogP contribution in [0.2, 0.25) is 5.15 Å². The summed E-state index contributed by atoms with van der Waals surface area (Å²) in [6.07, 6.45) is 3.16. The average Bonchev–Trinajstić information content (AvgIpc) is 2.69. The van der Waals surface area contributed by atoms with Gasteiger partial charge in [0.25, 0.3) is 5.91 Å². The molecular formula is C21H18ClN5O. The number of hydrogen-bond acceptors (Lipinski definition) is 5. The molecule has 0 radical (unpaired) electrons. The molecule has 2 aromatic heterocycles. The van der Waals surface area contributed by atoms with Gasteiger partial charge in [0.05, 0.1) is 23.4 Å². The van der Waals surface area contributed by atoms with E-state index in [-0.39, 0.29) is 5.91 Å². The first-order valence-corrected chi connectivity index (χ1v) is 8.96. The van der Waals surface area contributed by atoms with E-state index in [1.165, 1.54) is 6.20 Å². The molecule has 3 rings (SSSR count). The number of halogens is 1. The number of anilines is 1. The molecule has 7 heteroatoms. The predicted octanol–water partition coefficient (Wildman–Crippen LogP) is 4.55. The molecule has 0 aliphatic rings. The normalized spacial score (nSPS) is 11.0. The lowest BCUT2D eigenvalue weighted by Crippen LogP contribution is -2.18. The number of nitrogens with one attached hydrogen (secondary N) is 1. The quantitative estimate of drug-likeness (QED) is 0.704. The van der Waals surface area contributed by atoms with Crippen LogP contribution < -0.4 is 5.32 Å². The van der Waals surface area contributed by atoms with Gasteiger partial charge in [-0.15, -0.1) is 5.10 Å². The van der Waals surface area contributed by atoms with Crippen molar-refractivity contribution in [3.05, 3.63) is 70.8 Å². The minimum atomic E-state index is -0.777. The zero-order valence-electron chi connectivity index (χ0n) is 15.7. The number of rotatable bonds is 4. The van der Waals surface area contributed by atoms with E-state index in [4.69, 9.17) is 11.6 Å². The number of benzene rings is 1. The molecule has 1 amide bonds. The van der Waals surface area contributed by atoms with Gasteiger partial charge < -0.3 is 5.32 Å². The summed E-state index contributed by atoms with van der Waals surface area (Å²) >= 11 is 5.94. The van der Waals surface area contributed by atoms with Crippen molar-refractivity contribution in [3.63, 3.8) is 0 Å². The molecule has 0 aliphatic heterocycles. The lowest BCUT2D eigenvalue weighted by Gasteiger charge is -2.15. The lowest BCUT2D eigenvalue weighted by molar-refractivity contribution is 0.102. The Morgan fingerprint density at radius 3 is 2.71 bits per heavy atom. The first-order chi connectivity index (χ1) is 13.3. The Kier molecular flexibility index (Phi) is 5.39. The van der Waals surface area contributed by atoms with Crippen LogP contribution in [0.3, 0.4) is 0 Å². The topological polar surface area (TPSA) is 91.6 Å². The van der Waals surface area contributed by atoms with E-state index in [0.717, 1.165) is 16.7 Å². The largest absolute Gasteiger partial charge is 0.322 e. The van der Waals surface area contributed by atoms with Crippen LogP contribution in [0, 0.1) is 18.3 Å². The molecule has 0 unspecified atom stereocenters. The van der Waals surface area contributed by atoms with Gasteiger partial charge >= 0.3 is 0 Å². The summed E-state index contributed by atoms with van der Waals surface area (Å²) in [7, 11) is 0. The van der Waals surface area contributed by atoms with E-state index in [1.807, 2.05) is 25.1 Å². The molecule has 3 aromatic rings.